The van der Waals surface area contributed by atoms with Crippen LogP contribution >= 0.6 is 0 Å². The summed E-state index contributed by atoms with van der Waals surface area (Å²) < 4.78 is 37.3. The standard InChI is InChI=1S/C15H20N2O5S/c1-11(14(18)17-7-15(8-17)9-22-10-15)16-23(19,20)13-5-3-12(21-2)4-6-13/h3-6,11,16H,7-10H2,1-2H3. The molecule has 0 aromatic heterocycles. The van der Waals surface area contributed by atoms with Crippen molar-refractivity contribution in [3.8, 4) is 5.75 Å². The number of carbonyl (C=O) groups is 1. The van der Waals surface area contributed by atoms with Crippen molar-refractivity contribution in [3.63, 3.8) is 0 Å². The Labute approximate surface area is 135 Å². The molecular formula is C15H20N2O5S. The first-order chi connectivity index (χ1) is 10.9. The number of nitrogens with zero attached hydrogens (tertiary/aromatic N) is 1. The average Bonchev–Trinajstić information content (AvgIpc) is 2.43. The van der Waals surface area contributed by atoms with Gasteiger partial charge in [-0.25, -0.2) is 8.42 Å². The highest BCUT2D eigenvalue weighted by Gasteiger charge is 2.51. The number of likely N-dealkylation sites (tertiary alicyclic amines) is 1. The summed E-state index contributed by atoms with van der Waals surface area (Å²) >= 11 is 0. The summed E-state index contributed by atoms with van der Waals surface area (Å²) in [5, 5.41) is 0. The van der Waals surface area contributed by atoms with Gasteiger partial charge in [-0.05, 0) is 31.2 Å². The predicted octanol–water partition coefficient (Wildman–Crippen LogP) is 0.221. The fraction of sp³-hybridized carbons (Fsp3) is 0.533. The lowest BCUT2D eigenvalue weighted by molar-refractivity contribution is -0.195. The normalized spacial score (nSPS) is 20.5. The highest BCUT2D eigenvalue weighted by molar-refractivity contribution is 7.89. The van der Waals surface area contributed by atoms with E-state index in [4.69, 9.17) is 9.47 Å². The number of amides is 1. The molecule has 0 saturated carbocycles. The van der Waals surface area contributed by atoms with Crippen LogP contribution in [0.25, 0.3) is 0 Å². The van der Waals surface area contributed by atoms with E-state index in [0.717, 1.165) is 0 Å². The Morgan fingerprint density at radius 2 is 1.91 bits per heavy atom. The number of sulfonamides is 1. The molecule has 2 aliphatic rings. The van der Waals surface area contributed by atoms with E-state index < -0.39 is 16.1 Å². The van der Waals surface area contributed by atoms with Crippen molar-refractivity contribution >= 4 is 15.9 Å². The number of ether oxygens (including phenoxy) is 2. The summed E-state index contributed by atoms with van der Waals surface area (Å²) in [6, 6.07) is 5.22. The zero-order valence-corrected chi connectivity index (χ0v) is 13.9. The summed E-state index contributed by atoms with van der Waals surface area (Å²) in [6.07, 6.45) is 0. The van der Waals surface area contributed by atoms with Crippen LogP contribution < -0.4 is 9.46 Å². The molecule has 1 atom stereocenters. The molecule has 0 aliphatic carbocycles. The van der Waals surface area contributed by atoms with E-state index in [-0.39, 0.29) is 16.2 Å². The fourth-order valence-electron chi connectivity index (χ4n) is 2.87. The Kier molecular flexibility index (Phi) is 4.07. The minimum absolute atomic E-state index is 0.102. The first-order valence-electron chi connectivity index (χ1n) is 7.38. The third kappa shape index (κ3) is 3.06. The first kappa shape index (κ1) is 16.2. The number of methoxy groups -OCH3 is 1. The molecule has 126 valence electrons. The zero-order valence-electron chi connectivity index (χ0n) is 13.1. The molecule has 1 aromatic rings. The highest BCUT2D eigenvalue weighted by Crippen LogP contribution is 2.37. The van der Waals surface area contributed by atoms with Gasteiger partial charge >= 0.3 is 0 Å². The third-order valence-electron chi connectivity index (χ3n) is 4.25. The SMILES string of the molecule is COc1ccc(S(=O)(=O)NC(C)C(=O)N2CC3(COC3)C2)cc1. The van der Waals surface area contributed by atoms with Gasteiger partial charge in [-0.1, -0.05) is 0 Å². The van der Waals surface area contributed by atoms with Crippen LogP contribution in [-0.4, -0.2) is 58.7 Å². The van der Waals surface area contributed by atoms with Crippen molar-refractivity contribution in [1.82, 2.24) is 9.62 Å². The first-order valence-corrected chi connectivity index (χ1v) is 8.86. The van der Waals surface area contributed by atoms with E-state index in [9.17, 15) is 13.2 Å². The van der Waals surface area contributed by atoms with Gasteiger partial charge in [0.25, 0.3) is 0 Å². The van der Waals surface area contributed by atoms with Crippen molar-refractivity contribution in [2.75, 3.05) is 33.4 Å². The van der Waals surface area contributed by atoms with Gasteiger partial charge in [0, 0.05) is 13.1 Å². The maximum Gasteiger partial charge on any atom is 0.241 e. The molecule has 3 rings (SSSR count). The van der Waals surface area contributed by atoms with Gasteiger partial charge in [0.1, 0.15) is 5.75 Å². The van der Waals surface area contributed by atoms with Crippen molar-refractivity contribution < 1.29 is 22.7 Å². The van der Waals surface area contributed by atoms with E-state index in [1.54, 1.807) is 24.0 Å². The number of hydrogen-bond donors (Lipinski definition) is 1. The molecule has 8 heteroatoms. The quantitative estimate of drug-likeness (QED) is 0.829. The minimum atomic E-state index is -3.75. The van der Waals surface area contributed by atoms with E-state index in [0.29, 0.717) is 32.1 Å². The lowest BCUT2D eigenvalue weighted by Crippen LogP contribution is -2.69. The average molecular weight is 340 g/mol. The summed E-state index contributed by atoms with van der Waals surface area (Å²) in [6.45, 7) is 4.21. The van der Waals surface area contributed by atoms with Gasteiger partial charge in [-0.3, -0.25) is 4.79 Å². The molecule has 2 fully saturated rings. The number of nitrogens with one attached hydrogen (secondary N) is 1. The molecule has 2 aliphatic heterocycles. The van der Waals surface area contributed by atoms with Crippen LogP contribution in [0.3, 0.4) is 0 Å². The monoisotopic (exact) mass is 340 g/mol. The van der Waals surface area contributed by atoms with Crippen LogP contribution in [0.4, 0.5) is 0 Å². The number of hydrogen-bond acceptors (Lipinski definition) is 5. The van der Waals surface area contributed by atoms with Gasteiger partial charge in [0.15, 0.2) is 0 Å². The molecule has 1 amide bonds. The molecular weight excluding hydrogens is 320 g/mol. The van der Waals surface area contributed by atoms with E-state index >= 15 is 0 Å². The Morgan fingerprint density at radius 1 is 1.30 bits per heavy atom. The van der Waals surface area contributed by atoms with Crippen LogP contribution in [0.5, 0.6) is 5.75 Å². The Hall–Kier alpha value is -1.64. The summed E-state index contributed by atoms with van der Waals surface area (Å²) in [5.41, 5.74) is 0.115. The van der Waals surface area contributed by atoms with Gasteiger partial charge in [0.05, 0.1) is 36.7 Å². The van der Waals surface area contributed by atoms with Gasteiger partial charge in [-0.2, -0.15) is 4.72 Å². The van der Waals surface area contributed by atoms with Crippen LogP contribution in [0.1, 0.15) is 6.92 Å². The molecule has 2 saturated heterocycles. The maximum atomic E-state index is 12.3. The summed E-state index contributed by atoms with van der Waals surface area (Å²) in [7, 11) is -2.24. The van der Waals surface area contributed by atoms with Crippen LogP contribution in [0, 0.1) is 5.41 Å². The van der Waals surface area contributed by atoms with Gasteiger partial charge in [0.2, 0.25) is 15.9 Å². The lowest BCUT2D eigenvalue weighted by Gasteiger charge is -2.55. The highest BCUT2D eigenvalue weighted by atomic mass is 32.2. The van der Waals surface area contributed by atoms with E-state index in [1.807, 2.05) is 0 Å². The van der Waals surface area contributed by atoms with Crippen molar-refractivity contribution in [3.05, 3.63) is 24.3 Å². The van der Waals surface area contributed by atoms with Gasteiger partial charge < -0.3 is 14.4 Å². The molecule has 0 bridgehead atoms. The van der Waals surface area contributed by atoms with Crippen molar-refractivity contribution in [1.29, 1.82) is 0 Å². The number of rotatable bonds is 5. The van der Waals surface area contributed by atoms with Gasteiger partial charge in [-0.15, -0.1) is 0 Å². The van der Waals surface area contributed by atoms with Crippen LogP contribution in [0.15, 0.2) is 29.2 Å². The molecule has 1 N–H and O–H groups in total. The Balaban J connectivity index is 1.61. The Morgan fingerprint density at radius 3 is 2.39 bits per heavy atom. The largest absolute Gasteiger partial charge is 0.497 e. The Bertz CT molecular complexity index is 689. The third-order valence-corrected chi connectivity index (χ3v) is 5.81. The van der Waals surface area contributed by atoms with Crippen molar-refractivity contribution in [2.45, 2.75) is 17.9 Å². The zero-order chi connectivity index (χ0) is 16.7. The second-order valence-corrected chi connectivity index (χ2v) is 7.92. The maximum absolute atomic E-state index is 12.3. The molecule has 23 heavy (non-hydrogen) atoms. The van der Waals surface area contributed by atoms with Crippen LogP contribution in [-0.2, 0) is 19.6 Å². The topological polar surface area (TPSA) is 84.9 Å². The molecule has 7 nitrogen and oxygen atoms in total. The summed E-state index contributed by atoms with van der Waals surface area (Å²) in [5.74, 6) is 0.362. The number of carbonyl (C=O) groups excluding carboxylic acids is 1. The second kappa shape index (κ2) is 5.77. The molecule has 1 aromatic carbocycles. The molecule has 2 heterocycles. The predicted molar refractivity (Wildman–Crippen MR) is 82.6 cm³/mol. The number of benzene rings is 1. The smallest absolute Gasteiger partial charge is 0.241 e. The fourth-order valence-corrected chi connectivity index (χ4v) is 4.07. The van der Waals surface area contributed by atoms with E-state index in [1.165, 1.54) is 19.2 Å². The molecule has 0 radical (unpaired) electrons. The van der Waals surface area contributed by atoms with E-state index in [2.05, 4.69) is 4.72 Å². The minimum Gasteiger partial charge on any atom is -0.497 e. The van der Waals surface area contributed by atoms with Crippen molar-refractivity contribution in [2.24, 2.45) is 5.41 Å². The summed E-state index contributed by atoms with van der Waals surface area (Å²) in [4.78, 5) is 14.1. The molecule has 1 unspecified atom stereocenters. The molecule has 1 spiro atoms. The van der Waals surface area contributed by atoms with Crippen LogP contribution in [0.2, 0.25) is 0 Å². The second-order valence-electron chi connectivity index (χ2n) is 6.21. The lowest BCUT2D eigenvalue weighted by atomic mass is 9.78.